The van der Waals surface area contributed by atoms with E-state index in [1.165, 1.54) is 12.0 Å². The van der Waals surface area contributed by atoms with E-state index in [0.717, 1.165) is 31.2 Å². The normalized spacial score (nSPS) is 15.1. The van der Waals surface area contributed by atoms with Crippen LogP contribution in [-0.2, 0) is 18.4 Å². The number of ketones is 1. The van der Waals surface area contributed by atoms with Gasteiger partial charge in [0, 0.05) is 25.8 Å². The van der Waals surface area contributed by atoms with Crippen molar-refractivity contribution >= 4 is 11.7 Å². The van der Waals surface area contributed by atoms with E-state index in [9.17, 15) is 9.59 Å². The number of carbonyl (C=O) groups excluding carboxylic acids is 2. The first-order valence-electron chi connectivity index (χ1n) is 9.08. The van der Waals surface area contributed by atoms with Crippen LogP contribution in [0.5, 0.6) is 0 Å². The Morgan fingerprint density at radius 1 is 1.12 bits per heavy atom. The first-order valence-corrected chi connectivity index (χ1v) is 9.08. The molecule has 1 fully saturated rings. The summed E-state index contributed by atoms with van der Waals surface area (Å²) in [5.74, 6) is -0.791. The molecule has 4 heteroatoms. The molecule has 2 aromatic rings. The quantitative estimate of drug-likeness (QED) is 0.613. The molecule has 0 radical (unpaired) electrons. The van der Waals surface area contributed by atoms with Crippen molar-refractivity contribution in [3.05, 3.63) is 59.4 Å². The van der Waals surface area contributed by atoms with Crippen LogP contribution in [-0.4, -0.2) is 27.2 Å². The number of Topliss-reactive ketones (excluding diaryl/α,β-unsaturated/α-hetero) is 1. The van der Waals surface area contributed by atoms with Crippen molar-refractivity contribution in [2.45, 2.75) is 51.6 Å². The van der Waals surface area contributed by atoms with E-state index >= 15 is 0 Å². The van der Waals surface area contributed by atoms with Gasteiger partial charge in [0.25, 0.3) is 11.7 Å². The number of benzene rings is 1. The Bertz CT molecular complexity index is 757. The maximum absolute atomic E-state index is 13.0. The van der Waals surface area contributed by atoms with E-state index in [4.69, 9.17) is 0 Å². The first kappa shape index (κ1) is 17.5. The van der Waals surface area contributed by atoms with Crippen molar-refractivity contribution in [3.63, 3.8) is 0 Å². The molecule has 0 N–H and O–H groups in total. The van der Waals surface area contributed by atoms with Crippen LogP contribution in [0.4, 0.5) is 0 Å². The third-order valence-corrected chi connectivity index (χ3v) is 5.08. The Balaban J connectivity index is 1.86. The summed E-state index contributed by atoms with van der Waals surface area (Å²) in [6.07, 6.45) is 7.23. The van der Waals surface area contributed by atoms with Crippen LogP contribution in [0.1, 0.15) is 53.7 Å². The maximum atomic E-state index is 13.0. The van der Waals surface area contributed by atoms with Crippen molar-refractivity contribution in [2.24, 2.45) is 7.05 Å². The van der Waals surface area contributed by atoms with Gasteiger partial charge < -0.3 is 9.47 Å². The van der Waals surface area contributed by atoms with Gasteiger partial charge in [-0.25, -0.2) is 0 Å². The van der Waals surface area contributed by atoms with Gasteiger partial charge in [0.1, 0.15) is 0 Å². The predicted octanol–water partition coefficient (Wildman–Crippen LogP) is 3.88. The minimum atomic E-state index is -0.411. The third kappa shape index (κ3) is 4.01. The molecule has 1 aliphatic carbocycles. The number of hydrogen-bond acceptors (Lipinski definition) is 2. The maximum Gasteiger partial charge on any atom is 0.297 e. The second-order valence-corrected chi connectivity index (χ2v) is 7.05. The van der Waals surface area contributed by atoms with E-state index in [-0.39, 0.29) is 11.9 Å². The van der Waals surface area contributed by atoms with E-state index in [2.05, 4.69) is 6.07 Å². The zero-order chi connectivity index (χ0) is 17.8. The largest absolute Gasteiger partial charge is 0.348 e. The fraction of sp³-hybridized carbons (Fsp3) is 0.429. The second-order valence-electron chi connectivity index (χ2n) is 7.05. The zero-order valence-corrected chi connectivity index (χ0v) is 15.1. The average Bonchev–Trinajstić information content (AvgIpc) is 3.05. The number of amides is 1. The standard InChI is InChI=1S/C21H26N2O2/c1-16-8-6-9-17(14-16)15-23(18-10-4-3-5-11-18)21(25)20(24)19-12-7-13-22(19)2/h6-9,12-14,18H,3-5,10-11,15H2,1-2H3. The van der Waals surface area contributed by atoms with Crippen LogP contribution in [0.15, 0.2) is 42.6 Å². The summed E-state index contributed by atoms with van der Waals surface area (Å²) in [5.41, 5.74) is 2.70. The van der Waals surface area contributed by atoms with Gasteiger partial charge >= 0.3 is 0 Å². The van der Waals surface area contributed by atoms with Crippen LogP contribution in [0.25, 0.3) is 0 Å². The highest BCUT2D eigenvalue weighted by Gasteiger charge is 2.31. The molecule has 1 saturated carbocycles. The number of nitrogens with zero attached hydrogens (tertiary/aromatic N) is 2. The lowest BCUT2D eigenvalue weighted by Crippen LogP contribution is -2.44. The number of aromatic nitrogens is 1. The molecule has 3 rings (SSSR count). The Kier molecular flexibility index (Phi) is 5.37. The summed E-state index contributed by atoms with van der Waals surface area (Å²) in [5, 5.41) is 0. The molecular formula is C21H26N2O2. The molecule has 0 unspecified atom stereocenters. The molecule has 0 saturated heterocycles. The predicted molar refractivity (Wildman–Crippen MR) is 98.3 cm³/mol. The van der Waals surface area contributed by atoms with Gasteiger partial charge in [-0.1, -0.05) is 49.1 Å². The van der Waals surface area contributed by atoms with Gasteiger partial charge in [0.15, 0.2) is 0 Å². The molecule has 4 nitrogen and oxygen atoms in total. The molecule has 0 aliphatic heterocycles. The summed E-state index contributed by atoms with van der Waals surface area (Å²) in [6, 6.07) is 11.8. The number of rotatable bonds is 5. The summed E-state index contributed by atoms with van der Waals surface area (Å²) < 4.78 is 1.71. The molecule has 0 spiro atoms. The first-order chi connectivity index (χ1) is 12.1. The fourth-order valence-electron chi connectivity index (χ4n) is 3.70. The van der Waals surface area contributed by atoms with Crippen molar-refractivity contribution in [1.82, 2.24) is 9.47 Å². The van der Waals surface area contributed by atoms with Crippen LogP contribution >= 0.6 is 0 Å². The van der Waals surface area contributed by atoms with E-state index in [1.54, 1.807) is 29.9 Å². The second kappa shape index (κ2) is 7.68. The molecule has 132 valence electrons. The van der Waals surface area contributed by atoms with E-state index in [0.29, 0.717) is 12.2 Å². The number of aryl methyl sites for hydroxylation is 2. The molecular weight excluding hydrogens is 312 g/mol. The molecule has 0 bridgehead atoms. The highest BCUT2D eigenvalue weighted by Crippen LogP contribution is 2.25. The lowest BCUT2D eigenvalue weighted by Gasteiger charge is -2.34. The molecule has 25 heavy (non-hydrogen) atoms. The van der Waals surface area contributed by atoms with E-state index < -0.39 is 5.78 Å². The summed E-state index contributed by atoms with van der Waals surface area (Å²) in [4.78, 5) is 27.6. The minimum absolute atomic E-state index is 0.158. The van der Waals surface area contributed by atoms with Gasteiger partial charge in [-0.15, -0.1) is 0 Å². The Labute approximate surface area is 149 Å². The van der Waals surface area contributed by atoms with Crippen LogP contribution < -0.4 is 0 Å². The smallest absolute Gasteiger partial charge is 0.297 e. The molecule has 1 amide bonds. The number of hydrogen-bond donors (Lipinski definition) is 0. The zero-order valence-electron chi connectivity index (χ0n) is 15.1. The Hall–Kier alpha value is -2.36. The van der Waals surface area contributed by atoms with Gasteiger partial charge in [-0.3, -0.25) is 9.59 Å². The minimum Gasteiger partial charge on any atom is -0.348 e. The van der Waals surface area contributed by atoms with Crippen molar-refractivity contribution < 1.29 is 9.59 Å². The molecule has 1 heterocycles. The lowest BCUT2D eigenvalue weighted by molar-refractivity contribution is -0.130. The molecule has 1 aliphatic rings. The Morgan fingerprint density at radius 2 is 1.88 bits per heavy atom. The highest BCUT2D eigenvalue weighted by atomic mass is 16.2. The summed E-state index contributed by atoms with van der Waals surface area (Å²) >= 11 is 0. The van der Waals surface area contributed by atoms with Crippen LogP contribution in [0, 0.1) is 6.92 Å². The average molecular weight is 338 g/mol. The third-order valence-electron chi connectivity index (χ3n) is 5.08. The fourth-order valence-corrected chi connectivity index (χ4v) is 3.70. The Morgan fingerprint density at radius 3 is 2.52 bits per heavy atom. The lowest BCUT2D eigenvalue weighted by atomic mass is 9.93. The SMILES string of the molecule is Cc1cccc(CN(C(=O)C(=O)c2cccn2C)C2CCCCC2)c1. The van der Waals surface area contributed by atoms with Crippen LogP contribution in [0.2, 0.25) is 0 Å². The van der Waals surface area contributed by atoms with Gasteiger partial charge in [0.05, 0.1) is 5.69 Å². The van der Waals surface area contributed by atoms with Gasteiger partial charge in [-0.05, 0) is 37.5 Å². The number of carbonyl (C=O) groups is 2. The highest BCUT2D eigenvalue weighted by molar-refractivity contribution is 6.42. The monoisotopic (exact) mass is 338 g/mol. The van der Waals surface area contributed by atoms with Gasteiger partial charge in [-0.2, -0.15) is 0 Å². The van der Waals surface area contributed by atoms with Crippen molar-refractivity contribution in [3.8, 4) is 0 Å². The molecule has 1 aromatic heterocycles. The van der Waals surface area contributed by atoms with Crippen molar-refractivity contribution in [1.29, 1.82) is 0 Å². The van der Waals surface area contributed by atoms with Crippen LogP contribution in [0.3, 0.4) is 0 Å². The van der Waals surface area contributed by atoms with Gasteiger partial charge in [0.2, 0.25) is 0 Å². The summed E-state index contributed by atoms with van der Waals surface area (Å²) in [6.45, 7) is 2.55. The molecule has 1 aromatic carbocycles. The molecule has 0 atom stereocenters. The van der Waals surface area contributed by atoms with Crippen molar-refractivity contribution in [2.75, 3.05) is 0 Å². The summed E-state index contributed by atoms with van der Waals surface area (Å²) in [7, 11) is 1.80. The van der Waals surface area contributed by atoms with E-state index in [1.807, 2.05) is 30.0 Å². The topological polar surface area (TPSA) is 42.3 Å².